The zero-order chi connectivity index (χ0) is 7.40. The van der Waals surface area contributed by atoms with Crippen LogP contribution in [0.15, 0.2) is 24.3 Å². The molecular weight excluding hydrogens is 146 g/mol. The molecule has 0 heterocycles. The molecular formula is C7H9NOS. The summed E-state index contributed by atoms with van der Waals surface area (Å²) in [4.78, 5) is 0. The Morgan fingerprint density at radius 1 is 1.40 bits per heavy atom. The maximum absolute atomic E-state index is 5.02. The van der Waals surface area contributed by atoms with Crippen molar-refractivity contribution >= 4 is 18.5 Å². The van der Waals surface area contributed by atoms with Gasteiger partial charge in [-0.2, -0.15) is 0 Å². The Labute approximate surface area is 65.8 Å². The van der Waals surface area contributed by atoms with E-state index in [0.29, 0.717) is 0 Å². The van der Waals surface area contributed by atoms with Crippen molar-refractivity contribution in [3.05, 3.63) is 24.3 Å². The molecule has 0 atom stereocenters. The molecule has 0 saturated heterocycles. The van der Waals surface area contributed by atoms with Crippen LogP contribution in [0, 0.1) is 0 Å². The first-order valence-electron chi connectivity index (χ1n) is 2.91. The van der Waals surface area contributed by atoms with E-state index in [-0.39, 0.29) is 0 Å². The summed E-state index contributed by atoms with van der Waals surface area (Å²) in [5.74, 6) is 0.803. The fourth-order valence-corrected chi connectivity index (χ4v) is 0.922. The minimum atomic E-state index is 0.803. The average Bonchev–Trinajstić information content (AvgIpc) is 2.04. The van der Waals surface area contributed by atoms with Gasteiger partial charge in [0.2, 0.25) is 0 Å². The summed E-state index contributed by atoms with van der Waals surface area (Å²) in [5.41, 5.74) is 0.883. The molecule has 0 fully saturated rings. The molecule has 1 N–H and O–H groups in total. The molecule has 10 heavy (non-hydrogen) atoms. The average molecular weight is 155 g/mol. The predicted molar refractivity (Wildman–Crippen MR) is 45.6 cm³/mol. The van der Waals surface area contributed by atoms with Crippen LogP contribution in [-0.2, 0) is 0 Å². The molecule has 54 valence electrons. The van der Waals surface area contributed by atoms with Gasteiger partial charge in [0.25, 0.3) is 0 Å². The van der Waals surface area contributed by atoms with E-state index in [1.165, 1.54) is 0 Å². The molecule has 0 radical (unpaired) electrons. The third-order valence-electron chi connectivity index (χ3n) is 1.23. The molecule has 1 aromatic carbocycles. The molecule has 0 unspecified atom stereocenters. The van der Waals surface area contributed by atoms with Gasteiger partial charge in [-0.25, -0.2) is 0 Å². The molecule has 2 nitrogen and oxygen atoms in total. The van der Waals surface area contributed by atoms with Crippen molar-refractivity contribution in [2.45, 2.75) is 0 Å². The van der Waals surface area contributed by atoms with Crippen molar-refractivity contribution in [2.75, 3.05) is 11.8 Å². The third-order valence-corrected chi connectivity index (χ3v) is 1.47. The summed E-state index contributed by atoms with van der Waals surface area (Å²) >= 11 is 3.90. The summed E-state index contributed by atoms with van der Waals surface area (Å²) in [6.45, 7) is 0. The first kappa shape index (κ1) is 7.28. The first-order valence-corrected chi connectivity index (χ1v) is 3.36. The minimum Gasteiger partial charge on any atom is -0.495 e. The number of ether oxygens (including phenoxy) is 1. The second-order valence-electron chi connectivity index (χ2n) is 1.81. The molecule has 0 saturated carbocycles. The highest BCUT2D eigenvalue weighted by Crippen LogP contribution is 2.22. The Bertz CT molecular complexity index is 192. The van der Waals surface area contributed by atoms with E-state index in [1.807, 2.05) is 24.3 Å². The Balaban J connectivity index is 2.96. The second kappa shape index (κ2) is 3.37. The lowest BCUT2D eigenvalue weighted by Crippen LogP contribution is -1.87. The molecule has 0 aliphatic rings. The highest BCUT2D eigenvalue weighted by molar-refractivity contribution is 7.81. The van der Waals surface area contributed by atoms with Gasteiger partial charge < -0.3 is 9.46 Å². The van der Waals surface area contributed by atoms with E-state index in [4.69, 9.17) is 4.74 Å². The van der Waals surface area contributed by atoms with E-state index < -0.39 is 0 Å². The third kappa shape index (κ3) is 1.36. The fraction of sp³-hybridized carbons (Fsp3) is 0.143. The van der Waals surface area contributed by atoms with E-state index in [0.717, 1.165) is 11.4 Å². The van der Waals surface area contributed by atoms with E-state index >= 15 is 0 Å². The quantitative estimate of drug-likeness (QED) is 0.637. The minimum absolute atomic E-state index is 0.803. The highest BCUT2D eigenvalue weighted by Gasteiger charge is 1.95. The molecule has 1 rings (SSSR count). The van der Waals surface area contributed by atoms with Crippen LogP contribution in [-0.4, -0.2) is 7.11 Å². The van der Waals surface area contributed by atoms with Gasteiger partial charge in [-0.3, -0.25) is 0 Å². The molecule has 0 spiro atoms. The summed E-state index contributed by atoms with van der Waals surface area (Å²) in [6, 6.07) is 7.60. The lowest BCUT2D eigenvalue weighted by Gasteiger charge is -2.04. The Morgan fingerprint density at radius 2 is 2.10 bits per heavy atom. The van der Waals surface area contributed by atoms with Crippen LogP contribution in [0.5, 0.6) is 5.75 Å². The molecule has 1 aromatic rings. The van der Waals surface area contributed by atoms with Gasteiger partial charge in [0.15, 0.2) is 0 Å². The zero-order valence-electron chi connectivity index (χ0n) is 5.66. The maximum atomic E-state index is 5.02. The standard InChI is InChI=1S/C7H9NOS/c1-9-7-5-3-2-4-6(7)8-10/h2-5,8,10H,1H3. The predicted octanol–water partition coefficient (Wildman–Crippen LogP) is 1.95. The molecule has 0 amide bonds. The number of rotatable bonds is 2. The van der Waals surface area contributed by atoms with Crippen molar-refractivity contribution in [1.82, 2.24) is 0 Å². The summed E-state index contributed by atoms with van der Waals surface area (Å²) in [7, 11) is 1.63. The van der Waals surface area contributed by atoms with Crippen molar-refractivity contribution in [2.24, 2.45) is 0 Å². The van der Waals surface area contributed by atoms with Crippen LogP contribution in [0.25, 0.3) is 0 Å². The zero-order valence-corrected chi connectivity index (χ0v) is 6.56. The molecule has 0 aliphatic carbocycles. The molecule has 0 bridgehead atoms. The number of hydrogen-bond donors (Lipinski definition) is 2. The SMILES string of the molecule is COc1ccccc1NS. The smallest absolute Gasteiger partial charge is 0.142 e. The Morgan fingerprint density at radius 3 is 2.60 bits per heavy atom. The van der Waals surface area contributed by atoms with E-state index in [2.05, 4.69) is 17.5 Å². The Kier molecular flexibility index (Phi) is 2.45. The van der Waals surface area contributed by atoms with Crippen molar-refractivity contribution < 1.29 is 4.74 Å². The summed E-state index contributed by atoms with van der Waals surface area (Å²) < 4.78 is 7.74. The van der Waals surface area contributed by atoms with Gasteiger partial charge in [0, 0.05) is 0 Å². The van der Waals surface area contributed by atoms with Crippen LogP contribution in [0.3, 0.4) is 0 Å². The van der Waals surface area contributed by atoms with Gasteiger partial charge in [-0.05, 0) is 12.1 Å². The Hall–Kier alpha value is -0.830. The number of nitrogens with one attached hydrogen (secondary N) is 1. The number of benzene rings is 1. The summed E-state index contributed by atoms with van der Waals surface area (Å²) in [6.07, 6.45) is 0. The first-order chi connectivity index (χ1) is 4.88. The van der Waals surface area contributed by atoms with Gasteiger partial charge in [0.05, 0.1) is 12.8 Å². The van der Waals surface area contributed by atoms with Crippen molar-refractivity contribution in [3.8, 4) is 5.75 Å². The topological polar surface area (TPSA) is 21.3 Å². The lowest BCUT2D eigenvalue weighted by molar-refractivity contribution is 0.417. The number of anilines is 1. The second-order valence-corrected chi connectivity index (χ2v) is 2.04. The normalized spacial score (nSPS) is 9.00. The van der Waals surface area contributed by atoms with Crippen molar-refractivity contribution in [1.29, 1.82) is 0 Å². The number of thiol groups is 1. The number of para-hydroxylation sites is 2. The molecule has 3 heteroatoms. The van der Waals surface area contributed by atoms with Gasteiger partial charge in [0.1, 0.15) is 5.75 Å². The highest BCUT2D eigenvalue weighted by atomic mass is 32.1. The van der Waals surface area contributed by atoms with Crippen LogP contribution >= 0.6 is 12.8 Å². The van der Waals surface area contributed by atoms with Crippen LogP contribution in [0.1, 0.15) is 0 Å². The maximum Gasteiger partial charge on any atom is 0.142 e. The number of methoxy groups -OCH3 is 1. The van der Waals surface area contributed by atoms with Crippen molar-refractivity contribution in [3.63, 3.8) is 0 Å². The molecule has 0 aliphatic heterocycles. The van der Waals surface area contributed by atoms with E-state index in [9.17, 15) is 0 Å². The largest absolute Gasteiger partial charge is 0.495 e. The number of hydrogen-bond acceptors (Lipinski definition) is 3. The summed E-state index contributed by atoms with van der Waals surface area (Å²) in [5, 5.41) is 0. The van der Waals surface area contributed by atoms with E-state index in [1.54, 1.807) is 7.11 Å². The van der Waals surface area contributed by atoms with Crippen LogP contribution in [0.2, 0.25) is 0 Å². The van der Waals surface area contributed by atoms with Crippen LogP contribution < -0.4 is 9.46 Å². The van der Waals surface area contributed by atoms with Gasteiger partial charge in [-0.1, -0.05) is 24.9 Å². The monoisotopic (exact) mass is 155 g/mol. The molecule has 0 aromatic heterocycles. The van der Waals surface area contributed by atoms with Gasteiger partial charge in [-0.15, -0.1) is 0 Å². The lowest BCUT2D eigenvalue weighted by atomic mass is 10.3. The van der Waals surface area contributed by atoms with Gasteiger partial charge >= 0.3 is 0 Å². The van der Waals surface area contributed by atoms with Crippen LogP contribution in [0.4, 0.5) is 5.69 Å². The fourth-order valence-electron chi connectivity index (χ4n) is 0.737.